The Labute approximate surface area is 197 Å². The standard InChI is InChI=1S/C21H22N4O6S2/c1-5-30-20(28)14-11(2)15(17(27)22-13-9-7-6-8-10-13)33-18(14)23-16(26)12(3)32-19-21(29)31-24-25(19)4/h6-10,12H,5H2,1-4H3,(H2-,22,23,24,26,27,28,29)/p+1. The first-order chi connectivity index (χ1) is 15.7. The maximum absolute atomic E-state index is 12.9. The lowest BCUT2D eigenvalue weighted by Gasteiger charge is -2.10. The van der Waals surface area contributed by atoms with E-state index in [2.05, 4.69) is 15.9 Å². The molecule has 0 bridgehead atoms. The van der Waals surface area contributed by atoms with Gasteiger partial charge in [0.1, 0.15) is 5.00 Å². The first-order valence-electron chi connectivity index (χ1n) is 9.94. The number of amides is 2. The highest BCUT2D eigenvalue weighted by molar-refractivity contribution is 8.00. The summed E-state index contributed by atoms with van der Waals surface area (Å²) in [7, 11) is 1.58. The second kappa shape index (κ2) is 10.5. The number of thiophene rings is 1. The van der Waals surface area contributed by atoms with Crippen LogP contribution in [0.15, 0.2) is 44.7 Å². The summed E-state index contributed by atoms with van der Waals surface area (Å²) in [6.45, 7) is 5.04. The van der Waals surface area contributed by atoms with Crippen molar-refractivity contribution in [2.24, 2.45) is 7.05 Å². The number of benzene rings is 1. The highest BCUT2D eigenvalue weighted by atomic mass is 32.2. The Kier molecular flexibility index (Phi) is 7.71. The van der Waals surface area contributed by atoms with E-state index in [1.807, 2.05) is 6.07 Å². The Morgan fingerprint density at radius 3 is 2.55 bits per heavy atom. The molecule has 2 heterocycles. The van der Waals surface area contributed by atoms with Crippen LogP contribution in [0.25, 0.3) is 0 Å². The number of H-pyrrole nitrogens is 1. The molecule has 0 spiro atoms. The van der Waals surface area contributed by atoms with E-state index in [0.717, 1.165) is 23.1 Å². The number of aromatic amines is 1. The van der Waals surface area contributed by atoms with Gasteiger partial charge >= 0.3 is 16.6 Å². The number of aryl methyl sites for hydroxylation is 1. The summed E-state index contributed by atoms with van der Waals surface area (Å²) in [5.74, 6) is -1.50. The topological polar surface area (TPSA) is 134 Å². The molecule has 2 aromatic heterocycles. The van der Waals surface area contributed by atoms with Crippen molar-refractivity contribution in [2.45, 2.75) is 31.0 Å². The Morgan fingerprint density at radius 1 is 1.24 bits per heavy atom. The second-order valence-electron chi connectivity index (χ2n) is 6.90. The zero-order valence-corrected chi connectivity index (χ0v) is 20.0. The summed E-state index contributed by atoms with van der Waals surface area (Å²) < 4.78 is 11.2. The molecular formula is C21H23N4O6S2+. The van der Waals surface area contributed by atoms with Crippen molar-refractivity contribution in [3.05, 3.63) is 56.8 Å². The number of thioether (sulfide) groups is 1. The molecule has 0 saturated carbocycles. The molecule has 1 aromatic carbocycles. The van der Waals surface area contributed by atoms with E-state index in [1.165, 1.54) is 4.68 Å². The molecule has 10 nitrogen and oxygen atoms in total. The molecule has 1 unspecified atom stereocenters. The van der Waals surface area contributed by atoms with Crippen LogP contribution in [0.3, 0.4) is 0 Å². The van der Waals surface area contributed by atoms with Crippen LogP contribution in [-0.4, -0.2) is 34.9 Å². The van der Waals surface area contributed by atoms with Gasteiger partial charge in [-0.1, -0.05) is 22.9 Å². The monoisotopic (exact) mass is 491 g/mol. The van der Waals surface area contributed by atoms with Crippen molar-refractivity contribution in [1.82, 2.24) is 5.27 Å². The quantitative estimate of drug-likeness (QED) is 0.251. The lowest BCUT2D eigenvalue weighted by Crippen LogP contribution is -2.35. The number of aromatic nitrogens is 2. The normalized spacial score (nSPS) is 11.6. The van der Waals surface area contributed by atoms with E-state index in [4.69, 9.17) is 9.26 Å². The summed E-state index contributed by atoms with van der Waals surface area (Å²) >= 11 is 1.98. The molecule has 12 heteroatoms. The Balaban J connectivity index is 1.87. The fourth-order valence-electron chi connectivity index (χ4n) is 2.87. The average Bonchev–Trinajstić information content (AvgIpc) is 3.27. The Hall–Kier alpha value is -3.38. The van der Waals surface area contributed by atoms with Crippen LogP contribution >= 0.6 is 23.1 Å². The van der Waals surface area contributed by atoms with Gasteiger partial charge in [-0.05, 0) is 55.5 Å². The number of esters is 1. The minimum absolute atomic E-state index is 0.123. The van der Waals surface area contributed by atoms with Gasteiger partial charge in [-0.25, -0.2) is 9.59 Å². The van der Waals surface area contributed by atoms with E-state index in [-0.39, 0.29) is 27.1 Å². The third-order valence-corrected chi connectivity index (χ3v) is 6.95. The number of para-hydroxylation sites is 1. The molecule has 1 atom stereocenters. The van der Waals surface area contributed by atoms with Gasteiger partial charge in [0.25, 0.3) is 5.91 Å². The lowest BCUT2D eigenvalue weighted by atomic mass is 10.1. The molecule has 0 saturated heterocycles. The molecule has 0 aliphatic carbocycles. The average molecular weight is 492 g/mol. The number of nitrogens with zero attached hydrogens (tertiary/aromatic N) is 1. The smallest absolute Gasteiger partial charge is 0.441 e. The number of ether oxygens (including phenoxy) is 1. The molecule has 0 fully saturated rings. The van der Waals surface area contributed by atoms with Crippen LogP contribution in [0, 0.1) is 6.92 Å². The Bertz CT molecular complexity index is 1230. The zero-order valence-electron chi connectivity index (χ0n) is 18.4. The highest BCUT2D eigenvalue weighted by Crippen LogP contribution is 2.35. The van der Waals surface area contributed by atoms with Gasteiger partial charge in [-0.2, -0.15) is 0 Å². The number of carbonyl (C=O) groups excluding carboxylic acids is 3. The lowest BCUT2D eigenvalue weighted by molar-refractivity contribution is -0.772. The third kappa shape index (κ3) is 5.52. The molecule has 0 radical (unpaired) electrons. The zero-order chi connectivity index (χ0) is 24.1. The number of rotatable bonds is 8. The summed E-state index contributed by atoms with van der Waals surface area (Å²) in [5, 5.41) is 7.59. The SMILES string of the molecule is CCOC(=O)c1c(NC(=O)C(C)Sc2c(=O)o[nH][n+]2C)sc(C(=O)Nc2ccccc2)c1C. The first-order valence-corrected chi connectivity index (χ1v) is 11.6. The number of hydrogen-bond donors (Lipinski definition) is 3. The van der Waals surface area contributed by atoms with Crippen molar-refractivity contribution in [3.8, 4) is 0 Å². The van der Waals surface area contributed by atoms with Crippen molar-refractivity contribution in [2.75, 3.05) is 17.2 Å². The van der Waals surface area contributed by atoms with Crippen molar-refractivity contribution >= 4 is 51.6 Å². The van der Waals surface area contributed by atoms with E-state index < -0.39 is 28.7 Å². The van der Waals surface area contributed by atoms with Gasteiger partial charge in [0.2, 0.25) is 5.91 Å². The van der Waals surface area contributed by atoms with Crippen LogP contribution < -0.4 is 20.9 Å². The fourth-order valence-corrected chi connectivity index (χ4v) is 4.80. The van der Waals surface area contributed by atoms with Crippen LogP contribution in [0.5, 0.6) is 0 Å². The van der Waals surface area contributed by atoms with Gasteiger partial charge in [-0.15, -0.1) is 11.3 Å². The third-order valence-electron chi connectivity index (χ3n) is 4.51. The number of carbonyl (C=O) groups is 3. The van der Waals surface area contributed by atoms with E-state index in [1.54, 1.807) is 52.1 Å². The predicted molar refractivity (Wildman–Crippen MR) is 124 cm³/mol. The van der Waals surface area contributed by atoms with Crippen LogP contribution in [0.4, 0.5) is 10.7 Å². The molecular weight excluding hydrogens is 468 g/mol. The summed E-state index contributed by atoms with van der Waals surface area (Å²) in [4.78, 5) is 50.4. The van der Waals surface area contributed by atoms with Gasteiger partial charge < -0.3 is 15.4 Å². The highest BCUT2D eigenvalue weighted by Gasteiger charge is 2.30. The largest absolute Gasteiger partial charge is 0.462 e. The molecule has 0 aliphatic heterocycles. The molecule has 33 heavy (non-hydrogen) atoms. The van der Waals surface area contributed by atoms with E-state index in [9.17, 15) is 19.2 Å². The predicted octanol–water partition coefficient (Wildman–Crippen LogP) is 2.71. The summed E-state index contributed by atoms with van der Waals surface area (Å²) in [6, 6.07) is 8.89. The van der Waals surface area contributed by atoms with Crippen LogP contribution in [-0.2, 0) is 16.6 Å². The van der Waals surface area contributed by atoms with Crippen LogP contribution in [0.2, 0.25) is 0 Å². The second-order valence-corrected chi connectivity index (χ2v) is 9.25. The fraction of sp³-hybridized carbons (Fsp3) is 0.286. The van der Waals surface area contributed by atoms with Crippen molar-refractivity contribution < 1.29 is 28.3 Å². The molecule has 3 aromatic rings. The molecule has 3 N–H and O–H groups in total. The van der Waals surface area contributed by atoms with Crippen LogP contribution in [0.1, 0.15) is 39.4 Å². The Morgan fingerprint density at radius 2 is 1.94 bits per heavy atom. The molecule has 174 valence electrons. The van der Waals surface area contributed by atoms with E-state index in [0.29, 0.717) is 11.3 Å². The maximum Gasteiger partial charge on any atom is 0.441 e. The summed E-state index contributed by atoms with van der Waals surface area (Å²) in [5.41, 5.74) is 0.528. The first kappa shape index (κ1) is 24.3. The minimum atomic E-state index is -0.700. The molecule has 3 rings (SSSR count). The molecule has 0 aliphatic rings. The van der Waals surface area contributed by atoms with Gasteiger partial charge in [0, 0.05) is 5.69 Å². The number of hydrogen-bond acceptors (Lipinski definition) is 8. The van der Waals surface area contributed by atoms with Gasteiger partial charge in [0.05, 0.1) is 22.3 Å². The maximum atomic E-state index is 12.9. The van der Waals surface area contributed by atoms with Crippen molar-refractivity contribution in [1.29, 1.82) is 0 Å². The minimum Gasteiger partial charge on any atom is -0.462 e. The number of anilines is 2. The summed E-state index contributed by atoms with van der Waals surface area (Å²) in [6.07, 6.45) is 0. The van der Waals surface area contributed by atoms with Gasteiger partial charge in [-0.3, -0.25) is 14.1 Å². The number of nitrogens with one attached hydrogen (secondary N) is 3. The van der Waals surface area contributed by atoms with E-state index >= 15 is 0 Å². The van der Waals surface area contributed by atoms with Crippen molar-refractivity contribution in [3.63, 3.8) is 0 Å². The van der Waals surface area contributed by atoms with Gasteiger partial charge in [0.15, 0.2) is 7.05 Å². The molecule has 2 amide bonds.